The molecule has 0 rings (SSSR count). The van der Waals surface area contributed by atoms with Gasteiger partial charge >= 0.3 is 19.8 Å². The molecule has 0 aliphatic rings. The average Bonchev–Trinajstić information content (AvgIpc) is 3.16. The van der Waals surface area contributed by atoms with Gasteiger partial charge in [-0.1, -0.05) is 239 Å². The predicted octanol–water partition coefficient (Wildman–Crippen LogP) is 14.8. The molecule has 0 aliphatic carbocycles. The van der Waals surface area contributed by atoms with Gasteiger partial charge < -0.3 is 19.3 Å². The van der Waals surface area contributed by atoms with Crippen molar-refractivity contribution in [1.29, 1.82) is 0 Å². The lowest BCUT2D eigenvalue weighted by molar-refractivity contribution is -0.161. The lowest BCUT2D eigenvalue weighted by atomic mass is 10.0. The van der Waals surface area contributed by atoms with Gasteiger partial charge in [-0.3, -0.25) is 14.1 Å². The maximum Gasteiger partial charge on any atom is 0.469 e. The van der Waals surface area contributed by atoms with E-state index in [0.29, 0.717) is 6.42 Å². The fourth-order valence-corrected chi connectivity index (χ4v) is 7.68. The summed E-state index contributed by atoms with van der Waals surface area (Å²) < 4.78 is 26.5. The molecule has 0 aromatic rings. The minimum absolute atomic E-state index is 0.221. The van der Waals surface area contributed by atoms with E-state index in [-0.39, 0.29) is 19.4 Å². The average molecular weight is 803 g/mol. The molecule has 9 heteroatoms. The normalized spacial score (nSPS) is 12.3. The molecule has 0 aliphatic heterocycles. The van der Waals surface area contributed by atoms with Crippen LogP contribution in [-0.2, 0) is 28.2 Å². The molecular formula is C46H91O8P. The SMILES string of the molecule is CCCCCCCCCCCCCCCCCCCCCCCCC(=O)OC(COC(=O)CCCCCCCCCCCCCCCCC)COP(=O)(O)O. The zero-order chi connectivity index (χ0) is 40.3. The lowest BCUT2D eigenvalue weighted by Gasteiger charge is -2.18. The number of ether oxygens (including phenoxy) is 2. The summed E-state index contributed by atoms with van der Waals surface area (Å²) in [5, 5.41) is 0. The summed E-state index contributed by atoms with van der Waals surface area (Å²) in [6.07, 6.45) is 46.9. The van der Waals surface area contributed by atoms with Crippen LogP contribution in [0.5, 0.6) is 0 Å². The van der Waals surface area contributed by atoms with Crippen LogP contribution in [0.15, 0.2) is 0 Å². The van der Waals surface area contributed by atoms with Crippen molar-refractivity contribution in [2.45, 2.75) is 270 Å². The highest BCUT2D eigenvalue weighted by molar-refractivity contribution is 7.46. The van der Waals surface area contributed by atoms with Crippen LogP contribution in [0.2, 0.25) is 0 Å². The number of unbranched alkanes of at least 4 members (excludes halogenated alkanes) is 35. The molecule has 1 atom stereocenters. The van der Waals surface area contributed by atoms with E-state index in [4.69, 9.17) is 19.3 Å². The van der Waals surface area contributed by atoms with E-state index >= 15 is 0 Å². The third-order valence-electron chi connectivity index (χ3n) is 10.9. The second-order valence-corrected chi connectivity index (χ2v) is 17.7. The number of hydrogen-bond donors (Lipinski definition) is 2. The summed E-state index contributed by atoms with van der Waals surface area (Å²) in [5.41, 5.74) is 0. The largest absolute Gasteiger partial charge is 0.469 e. The molecule has 0 bridgehead atoms. The highest BCUT2D eigenvalue weighted by Gasteiger charge is 2.23. The zero-order valence-corrected chi connectivity index (χ0v) is 37.3. The van der Waals surface area contributed by atoms with Crippen LogP contribution in [0.25, 0.3) is 0 Å². The topological polar surface area (TPSA) is 119 Å². The van der Waals surface area contributed by atoms with Crippen LogP contribution >= 0.6 is 7.82 Å². The van der Waals surface area contributed by atoms with Crippen LogP contribution in [0.3, 0.4) is 0 Å². The van der Waals surface area contributed by atoms with Gasteiger partial charge in [0, 0.05) is 12.8 Å². The summed E-state index contributed by atoms with van der Waals surface area (Å²) in [6, 6.07) is 0. The number of hydrogen-bond acceptors (Lipinski definition) is 6. The van der Waals surface area contributed by atoms with Crippen molar-refractivity contribution in [3.8, 4) is 0 Å². The van der Waals surface area contributed by atoms with Crippen molar-refractivity contribution in [3.05, 3.63) is 0 Å². The van der Waals surface area contributed by atoms with E-state index in [1.165, 1.54) is 199 Å². The first-order valence-electron chi connectivity index (χ1n) is 23.8. The fraction of sp³-hybridized carbons (Fsp3) is 0.957. The second kappa shape index (κ2) is 42.7. The summed E-state index contributed by atoms with van der Waals surface area (Å²) in [7, 11) is -4.75. The molecule has 55 heavy (non-hydrogen) atoms. The van der Waals surface area contributed by atoms with Gasteiger partial charge in [0.2, 0.25) is 0 Å². The molecule has 2 N–H and O–H groups in total. The van der Waals surface area contributed by atoms with Gasteiger partial charge in [0.1, 0.15) is 6.61 Å². The van der Waals surface area contributed by atoms with Crippen molar-refractivity contribution in [2.75, 3.05) is 13.2 Å². The minimum atomic E-state index is -4.75. The van der Waals surface area contributed by atoms with Gasteiger partial charge in [-0.2, -0.15) is 0 Å². The Kier molecular flexibility index (Phi) is 41.9. The van der Waals surface area contributed by atoms with E-state index in [0.717, 1.165) is 32.1 Å². The minimum Gasteiger partial charge on any atom is -0.462 e. The maximum absolute atomic E-state index is 12.4. The summed E-state index contributed by atoms with van der Waals surface area (Å²) in [6.45, 7) is 3.74. The third kappa shape index (κ3) is 45.6. The van der Waals surface area contributed by atoms with Gasteiger partial charge in [-0.25, -0.2) is 4.57 Å². The van der Waals surface area contributed by atoms with Crippen molar-refractivity contribution in [3.63, 3.8) is 0 Å². The molecule has 1 unspecified atom stereocenters. The Morgan fingerprint density at radius 3 is 0.927 bits per heavy atom. The number of phosphoric ester groups is 1. The van der Waals surface area contributed by atoms with E-state index < -0.39 is 32.5 Å². The standard InChI is InChI=1S/C46H91O8P/c1-3-5-7-9-11-13-15-17-19-20-21-22-23-24-25-27-29-31-33-35-37-39-41-46(48)54-44(43-53-55(49,50)51)42-52-45(47)40-38-36-34-32-30-28-26-18-16-14-12-10-8-6-4-2/h44H,3-43H2,1-2H3,(H2,49,50,51). The smallest absolute Gasteiger partial charge is 0.462 e. The van der Waals surface area contributed by atoms with Gasteiger partial charge in [0.05, 0.1) is 6.61 Å². The molecule has 328 valence electrons. The number of rotatable bonds is 45. The number of carbonyl (C=O) groups excluding carboxylic acids is 2. The Labute approximate surface area is 340 Å². The zero-order valence-electron chi connectivity index (χ0n) is 36.4. The Morgan fingerprint density at radius 2 is 0.655 bits per heavy atom. The second-order valence-electron chi connectivity index (χ2n) is 16.5. The molecule has 8 nitrogen and oxygen atoms in total. The van der Waals surface area contributed by atoms with Gasteiger partial charge in [-0.15, -0.1) is 0 Å². The van der Waals surface area contributed by atoms with Gasteiger partial charge in [0.25, 0.3) is 0 Å². The molecule has 0 aromatic carbocycles. The number of carbonyl (C=O) groups is 2. The van der Waals surface area contributed by atoms with Crippen LogP contribution in [-0.4, -0.2) is 41.0 Å². The molecule has 0 amide bonds. The maximum atomic E-state index is 12.4. The summed E-state index contributed by atoms with van der Waals surface area (Å²) >= 11 is 0. The van der Waals surface area contributed by atoms with Crippen LogP contribution < -0.4 is 0 Å². The van der Waals surface area contributed by atoms with E-state index in [2.05, 4.69) is 18.4 Å². The Hall–Kier alpha value is -0.950. The van der Waals surface area contributed by atoms with E-state index in [9.17, 15) is 14.2 Å². The molecule has 0 saturated carbocycles. The first kappa shape index (κ1) is 54.0. The van der Waals surface area contributed by atoms with E-state index in [1.54, 1.807) is 0 Å². The first-order chi connectivity index (χ1) is 26.8. The molecular weight excluding hydrogens is 711 g/mol. The van der Waals surface area contributed by atoms with E-state index in [1.807, 2.05) is 0 Å². The van der Waals surface area contributed by atoms with Gasteiger partial charge in [0.15, 0.2) is 6.10 Å². The summed E-state index contributed by atoms with van der Waals surface area (Å²) in [4.78, 5) is 43.0. The Morgan fingerprint density at radius 1 is 0.400 bits per heavy atom. The van der Waals surface area contributed by atoms with Crippen LogP contribution in [0, 0.1) is 0 Å². The first-order valence-corrected chi connectivity index (χ1v) is 25.4. The molecule has 0 fully saturated rings. The molecule has 0 spiro atoms. The van der Waals surface area contributed by atoms with Crippen molar-refractivity contribution in [2.24, 2.45) is 0 Å². The quantitative estimate of drug-likeness (QED) is 0.0355. The van der Waals surface area contributed by atoms with Crippen molar-refractivity contribution in [1.82, 2.24) is 0 Å². The lowest BCUT2D eigenvalue weighted by Crippen LogP contribution is -2.29. The number of phosphoric acid groups is 1. The molecule has 0 saturated heterocycles. The van der Waals surface area contributed by atoms with Crippen LogP contribution in [0.1, 0.15) is 264 Å². The predicted molar refractivity (Wildman–Crippen MR) is 230 cm³/mol. The van der Waals surface area contributed by atoms with Gasteiger partial charge in [-0.05, 0) is 12.8 Å². The number of esters is 2. The Bertz CT molecular complexity index is 863. The highest BCUT2D eigenvalue weighted by Crippen LogP contribution is 2.36. The highest BCUT2D eigenvalue weighted by atomic mass is 31.2. The fourth-order valence-electron chi connectivity index (χ4n) is 7.32. The molecule has 0 heterocycles. The third-order valence-corrected chi connectivity index (χ3v) is 11.4. The summed E-state index contributed by atoms with van der Waals surface area (Å²) in [5.74, 6) is -0.863. The molecule has 0 radical (unpaired) electrons. The molecule has 0 aromatic heterocycles. The Balaban J connectivity index is 3.77. The van der Waals surface area contributed by atoms with Crippen LogP contribution in [0.4, 0.5) is 0 Å². The van der Waals surface area contributed by atoms with Crippen molar-refractivity contribution < 1.29 is 37.9 Å². The monoisotopic (exact) mass is 803 g/mol. The van der Waals surface area contributed by atoms with Crippen molar-refractivity contribution >= 4 is 19.8 Å².